The average molecular weight is 394 g/mol. The quantitative estimate of drug-likeness (QED) is 0.663. The lowest BCUT2D eigenvalue weighted by atomic mass is 9.90. The second-order valence-corrected chi connectivity index (χ2v) is 7.68. The van der Waals surface area contributed by atoms with Crippen molar-refractivity contribution in [3.63, 3.8) is 0 Å². The summed E-state index contributed by atoms with van der Waals surface area (Å²) in [7, 11) is 0. The molecule has 1 fully saturated rings. The van der Waals surface area contributed by atoms with Crippen LogP contribution in [-0.4, -0.2) is 28.3 Å². The zero-order chi connectivity index (χ0) is 19.2. The molecule has 0 aliphatic carbocycles. The second kappa shape index (κ2) is 9.02. The van der Waals surface area contributed by atoms with E-state index >= 15 is 0 Å². The molecule has 3 aromatic rings. The predicted octanol–water partition coefficient (Wildman–Crippen LogP) is 4.60. The van der Waals surface area contributed by atoms with Gasteiger partial charge >= 0.3 is 0 Å². The number of aromatic nitrogens is 3. The number of nitrogens with zero attached hydrogens (tertiary/aromatic N) is 4. The van der Waals surface area contributed by atoms with Gasteiger partial charge in [-0.2, -0.15) is 10.1 Å². The van der Waals surface area contributed by atoms with Gasteiger partial charge in [-0.15, -0.1) is 5.10 Å². The van der Waals surface area contributed by atoms with Crippen molar-refractivity contribution in [3.8, 4) is 0 Å². The molecule has 0 bridgehead atoms. The summed E-state index contributed by atoms with van der Waals surface area (Å²) in [5, 5.41) is 12.4. The van der Waals surface area contributed by atoms with Crippen LogP contribution >= 0.6 is 11.6 Å². The molecule has 0 radical (unpaired) electrons. The molecule has 144 valence electrons. The van der Waals surface area contributed by atoms with Crippen molar-refractivity contribution in [2.24, 2.45) is 5.92 Å². The van der Waals surface area contributed by atoms with Crippen LogP contribution in [0.15, 0.2) is 60.8 Å². The highest BCUT2D eigenvalue weighted by molar-refractivity contribution is 6.30. The molecule has 0 unspecified atom stereocenters. The molecule has 4 rings (SSSR count). The molecule has 0 spiro atoms. The van der Waals surface area contributed by atoms with Gasteiger partial charge in [0.05, 0.1) is 6.20 Å². The Morgan fingerprint density at radius 3 is 2.46 bits per heavy atom. The first kappa shape index (κ1) is 18.7. The molecule has 1 saturated heterocycles. The largest absolute Gasteiger partial charge is 0.365 e. The van der Waals surface area contributed by atoms with Gasteiger partial charge in [0.15, 0.2) is 5.82 Å². The molecule has 1 aromatic heterocycles. The Hall–Kier alpha value is -2.66. The van der Waals surface area contributed by atoms with Gasteiger partial charge in [0.1, 0.15) is 0 Å². The minimum atomic E-state index is 0.675. The fourth-order valence-electron chi connectivity index (χ4n) is 3.59. The van der Waals surface area contributed by atoms with Crippen LogP contribution in [0.4, 0.5) is 11.8 Å². The van der Waals surface area contributed by atoms with E-state index in [9.17, 15) is 0 Å². The monoisotopic (exact) mass is 393 g/mol. The second-order valence-electron chi connectivity index (χ2n) is 7.24. The highest BCUT2D eigenvalue weighted by Crippen LogP contribution is 2.24. The van der Waals surface area contributed by atoms with Gasteiger partial charge < -0.3 is 10.2 Å². The molecule has 1 aliphatic rings. The maximum atomic E-state index is 5.93. The number of hydrogen-bond donors (Lipinski definition) is 1. The maximum absolute atomic E-state index is 5.93. The van der Waals surface area contributed by atoms with Gasteiger partial charge in [-0.25, -0.2) is 0 Å². The van der Waals surface area contributed by atoms with Gasteiger partial charge in [0.25, 0.3) is 0 Å². The van der Waals surface area contributed by atoms with E-state index in [-0.39, 0.29) is 0 Å². The van der Waals surface area contributed by atoms with Crippen molar-refractivity contribution in [3.05, 3.63) is 76.9 Å². The molecule has 0 saturated carbocycles. The van der Waals surface area contributed by atoms with Crippen LogP contribution in [0, 0.1) is 5.92 Å². The van der Waals surface area contributed by atoms with E-state index in [1.807, 2.05) is 24.3 Å². The van der Waals surface area contributed by atoms with E-state index in [4.69, 9.17) is 11.6 Å². The molecule has 6 heteroatoms. The third-order valence-electron chi connectivity index (χ3n) is 5.20. The van der Waals surface area contributed by atoms with Gasteiger partial charge in [0.2, 0.25) is 5.95 Å². The molecule has 1 N–H and O–H groups in total. The first-order chi connectivity index (χ1) is 13.8. The van der Waals surface area contributed by atoms with Crippen LogP contribution in [0.1, 0.15) is 24.0 Å². The van der Waals surface area contributed by atoms with Crippen LogP contribution in [0.2, 0.25) is 5.02 Å². The highest BCUT2D eigenvalue weighted by Gasteiger charge is 2.21. The standard InChI is InChI=1S/C22H24ClN5/c23-20-8-6-19(7-9-20)15-24-21-16-25-27-22(26-21)28-12-10-18(11-13-28)14-17-4-2-1-3-5-17/h1-9,16,18H,10-15H2,(H,24,26,27). The number of halogens is 1. The number of rotatable bonds is 6. The van der Waals surface area contributed by atoms with Crippen molar-refractivity contribution in [1.82, 2.24) is 15.2 Å². The fourth-order valence-corrected chi connectivity index (χ4v) is 3.72. The molecule has 1 aliphatic heterocycles. The van der Waals surface area contributed by atoms with E-state index < -0.39 is 0 Å². The van der Waals surface area contributed by atoms with Crippen molar-refractivity contribution < 1.29 is 0 Å². The minimum absolute atomic E-state index is 0.675. The number of piperidine rings is 1. The summed E-state index contributed by atoms with van der Waals surface area (Å²) in [5.74, 6) is 2.17. The lowest BCUT2D eigenvalue weighted by Gasteiger charge is -2.31. The summed E-state index contributed by atoms with van der Waals surface area (Å²) in [6, 6.07) is 18.5. The number of hydrogen-bond acceptors (Lipinski definition) is 5. The predicted molar refractivity (Wildman–Crippen MR) is 114 cm³/mol. The molecular formula is C22H24ClN5. The number of nitrogens with one attached hydrogen (secondary N) is 1. The Bertz CT molecular complexity index is 877. The topological polar surface area (TPSA) is 53.9 Å². The van der Waals surface area contributed by atoms with Gasteiger partial charge in [-0.3, -0.25) is 0 Å². The van der Waals surface area contributed by atoms with Crippen LogP contribution in [0.5, 0.6) is 0 Å². The van der Waals surface area contributed by atoms with Crippen molar-refractivity contribution >= 4 is 23.4 Å². The Labute approximate surface area is 170 Å². The van der Waals surface area contributed by atoms with E-state index in [1.165, 1.54) is 5.56 Å². The highest BCUT2D eigenvalue weighted by atomic mass is 35.5. The van der Waals surface area contributed by atoms with Crippen LogP contribution in [0.3, 0.4) is 0 Å². The SMILES string of the molecule is Clc1ccc(CNc2cnnc(N3CCC(Cc4ccccc4)CC3)n2)cc1. The summed E-state index contributed by atoms with van der Waals surface area (Å²) in [4.78, 5) is 6.89. The fraction of sp³-hybridized carbons (Fsp3) is 0.318. The lowest BCUT2D eigenvalue weighted by Crippen LogP contribution is -2.35. The van der Waals surface area contributed by atoms with Crippen molar-refractivity contribution in [1.29, 1.82) is 0 Å². The van der Waals surface area contributed by atoms with Crippen molar-refractivity contribution in [2.45, 2.75) is 25.8 Å². The zero-order valence-electron chi connectivity index (χ0n) is 15.8. The summed E-state index contributed by atoms with van der Waals surface area (Å²) < 4.78 is 0. The van der Waals surface area contributed by atoms with Crippen molar-refractivity contribution in [2.75, 3.05) is 23.3 Å². The Morgan fingerprint density at radius 1 is 0.964 bits per heavy atom. The minimum Gasteiger partial charge on any atom is -0.365 e. The number of anilines is 2. The van der Waals surface area contributed by atoms with E-state index in [1.54, 1.807) is 6.20 Å². The molecule has 2 heterocycles. The summed E-state index contributed by atoms with van der Waals surface area (Å²) in [6.45, 7) is 2.62. The smallest absolute Gasteiger partial charge is 0.247 e. The van der Waals surface area contributed by atoms with Crippen LogP contribution < -0.4 is 10.2 Å². The average Bonchev–Trinajstić information content (AvgIpc) is 2.75. The molecule has 28 heavy (non-hydrogen) atoms. The summed E-state index contributed by atoms with van der Waals surface area (Å²) in [6.07, 6.45) is 5.12. The Morgan fingerprint density at radius 2 is 1.71 bits per heavy atom. The van der Waals surface area contributed by atoms with E-state index in [0.717, 1.165) is 54.7 Å². The summed E-state index contributed by atoms with van der Waals surface area (Å²) >= 11 is 5.93. The molecule has 0 amide bonds. The molecular weight excluding hydrogens is 370 g/mol. The first-order valence-electron chi connectivity index (χ1n) is 9.73. The maximum Gasteiger partial charge on any atom is 0.247 e. The van der Waals surface area contributed by atoms with Gasteiger partial charge in [0, 0.05) is 24.7 Å². The lowest BCUT2D eigenvalue weighted by molar-refractivity contribution is 0.400. The van der Waals surface area contributed by atoms with E-state index in [2.05, 4.69) is 55.7 Å². The third kappa shape index (κ3) is 4.98. The molecule has 0 atom stereocenters. The normalized spacial score (nSPS) is 14.8. The van der Waals surface area contributed by atoms with Gasteiger partial charge in [-0.05, 0) is 48.4 Å². The van der Waals surface area contributed by atoms with Crippen LogP contribution in [-0.2, 0) is 13.0 Å². The molecule has 2 aromatic carbocycles. The number of benzene rings is 2. The first-order valence-corrected chi connectivity index (χ1v) is 10.1. The van der Waals surface area contributed by atoms with Crippen LogP contribution in [0.25, 0.3) is 0 Å². The van der Waals surface area contributed by atoms with E-state index in [0.29, 0.717) is 12.5 Å². The third-order valence-corrected chi connectivity index (χ3v) is 5.45. The van der Waals surface area contributed by atoms with Gasteiger partial charge in [-0.1, -0.05) is 54.1 Å². The summed E-state index contributed by atoms with van der Waals surface area (Å²) in [5.41, 5.74) is 2.57. The molecule has 5 nitrogen and oxygen atoms in total. The Kier molecular flexibility index (Phi) is 6.02. The zero-order valence-corrected chi connectivity index (χ0v) is 16.5. The Balaban J connectivity index is 1.31.